The quantitative estimate of drug-likeness (QED) is 0.262. The number of carbonyl (C=O) groups is 3. The lowest BCUT2D eigenvalue weighted by molar-refractivity contribution is 0.154. The zero-order valence-electron chi connectivity index (χ0n) is 25.7. The number of nitrogens with zero attached hydrogens (tertiary/aromatic N) is 3. The summed E-state index contributed by atoms with van der Waals surface area (Å²) in [5.74, 6) is 0.490. The Balaban J connectivity index is 2.15. The average Bonchev–Trinajstić information content (AvgIpc) is 2.98. The third-order valence-electron chi connectivity index (χ3n) is 6.88. The standard InChI is InChI=1S/C31H39N3O9/c1-8-32(9-2)29(36)40-21-17-26-28(27(18-21)43-31(38)34(12-5)13-6)22(35)19-24(41-26)20-14-15-23(39-7)25(16-20)42-30(37)33(10-3)11-4/h14-19H,8-13H2,1-7H3. The molecule has 3 rings (SSSR count). The lowest BCUT2D eigenvalue weighted by Gasteiger charge is -2.20. The molecule has 0 aliphatic carbocycles. The maximum atomic E-state index is 13.5. The fourth-order valence-electron chi connectivity index (χ4n) is 4.35. The average molecular weight is 598 g/mol. The second-order valence-electron chi connectivity index (χ2n) is 9.26. The Kier molecular flexibility index (Phi) is 11.4. The van der Waals surface area contributed by atoms with Crippen molar-refractivity contribution in [1.82, 2.24) is 14.7 Å². The Labute approximate surface area is 250 Å². The lowest BCUT2D eigenvalue weighted by Crippen LogP contribution is -2.33. The van der Waals surface area contributed by atoms with Gasteiger partial charge in [-0.15, -0.1) is 0 Å². The smallest absolute Gasteiger partial charge is 0.415 e. The van der Waals surface area contributed by atoms with Crippen molar-refractivity contribution in [2.45, 2.75) is 41.5 Å². The molecule has 232 valence electrons. The van der Waals surface area contributed by atoms with Gasteiger partial charge in [0, 0.05) is 63.0 Å². The monoisotopic (exact) mass is 597 g/mol. The zero-order valence-corrected chi connectivity index (χ0v) is 25.7. The Bertz CT molecular complexity index is 1510. The van der Waals surface area contributed by atoms with E-state index < -0.39 is 23.7 Å². The largest absolute Gasteiger partial charge is 0.493 e. The minimum Gasteiger partial charge on any atom is -0.493 e. The van der Waals surface area contributed by atoms with Gasteiger partial charge in [0.05, 0.1) is 7.11 Å². The van der Waals surface area contributed by atoms with Crippen LogP contribution in [0, 0.1) is 0 Å². The van der Waals surface area contributed by atoms with Crippen LogP contribution in [0.1, 0.15) is 41.5 Å². The molecule has 1 aromatic heterocycles. The van der Waals surface area contributed by atoms with E-state index >= 15 is 0 Å². The summed E-state index contributed by atoms with van der Waals surface area (Å²) < 4.78 is 28.3. The molecule has 3 aromatic rings. The molecule has 0 atom stereocenters. The van der Waals surface area contributed by atoms with Crippen LogP contribution in [0.3, 0.4) is 0 Å². The van der Waals surface area contributed by atoms with Gasteiger partial charge in [-0.1, -0.05) is 0 Å². The van der Waals surface area contributed by atoms with E-state index in [4.69, 9.17) is 23.4 Å². The van der Waals surface area contributed by atoms with Gasteiger partial charge >= 0.3 is 18.3 Å². The van der Waals surface area contributed by atoms with Gasteiger partial charge in [-0.2, -0.15) is 0 Å². The zero-order chi connectivity index (χ0) is 31.7. The Hall–Kier alpha value is -4.74. The van der Waals surface area contributed by atoms with Crippen molar-refractivity contribution < 1.29 is 37.7 Å². The molecule has 0 unspecified atom stereocenters. The number of methoxy groups -OCH3 is 1. The summed E-state index contributed by atoms with van der Waals surface area (Å²) in [6.45, 7) is 13.4. The van der Waals surface area contributed by atoms with Gasteiger partial charge < -0.3 is 38.1 Å². The fraction of sp³-hybridized carbons (Fsp3) is 0.419. The maximum Gasteiger partial charge on any atom is 0.415 e. The van der Waals surface area contributed by atoms with Crippen LogP contribution < -0.4 is 24.4 Å². The van der Waals surface area contributed by atoms with Crippen LogP contribution in [0.15, 0.2) is 45.6 Å². The minimum atomic E-state index is -0.670. The first-order valence-electron chi connectivity index (χ1n) is 14.3. The molecule has 0 aliphatic rings. The third-order valence-corrected chi connectivity index (χ3v) is 6.88. The highest BCUT2D eigenvalue weighted by Gasteiger charge is 2.22. The molecule has 12 heteroatoms. The summed E-state index contributed by atoms with van der Waals surface area (Å²) in [7, 11) is 1.45. The van der Waals surface area contributed by atoms with E-state index in [-0.39, 0.29) is 34.0 Å². The Morgan fingerprint density at radius 1 is 0.651 bits per heavy atom. The number of ether oxygens (including phenoxy) is 4. The predicted octanol–water partition coefficient (Wildman–Crippen LogP) is 5.99. The topological polar surface area (TPSA) is 128 Å². The maximum absolute atomic E-state index is 13.5. The highest BCUT2D eigenvalue weighted by atomic mass is 16.6. The van der Waals surface area contributed by atoms with Crippen molar-refractivity contribution in [3.8, 4) is 34.3 Å². The first kappa shape index (κ1) is 32.8. The van der Waals surface area contributed by atoms with Crippen LogP contribution in [0.2, 0.25) is 0 Å². The van der Waals surface area contributed by atoms with Crippen molar-refractivity contribution in [1.29, 1.82) is 0 Å². The molecule has 3 amide bonds. The summed E-state index contributed by atoms with van der Waals surface area (Å²) in [4.78, 5) is 56.1. The van der Waals surface area contributed by atoms with Gasteiger partial charge in [-0.05, 0) is 59.7 Å². The number of amides is 3. The lowest BCUT2D eigenvalue weighted by atomic mass is 10.1. The number of hydrogen-bond donors (Lipinski definition) is 0. The van der Waals surface area contributed by atoms with Crippen LogP contribution in [0.4, 0.5) is 14.4 Å². The summed E-state index contributed by atoms with van der Waals surface area (Å²) in [6.07, 6.45) is -1.84. The molecule has 0 aliphatic heterocycles. The fourth-order valence-corrected chi connectivity index (χ4v) is 4.35. The Morgan fingerprint density at radius 2 is 1.16 bits per heavy atom. The molecule has 0 saturated heterocycles. The van der Waals surface area contributed by atoms with Crippen LogP contribution in [0.25, 0.3) is 22.3 Å². The van der Waals surface area contributed by atoms with E-state index in [1.807, 2.05) is 27.7 Å². The third kappa shape index (κ3) is 7.56. The Morgan fingerprint density at radius 3 is 1.67 bits per heavy atom. The minimum absolute atomic E-state index is 0.00593. The summed E-state index contributed by atoms with van der Waals surface area (Å²) in [5, 5.41) is -0.00593. The van der Waals surface area contributed by atoms with Crippen LogP contribution >= 0.6 is 0 Å². The molecule has 0 radical (unpaired) electrons. The van der Waals surface area contributed by atoms with Gasteiger partial charge in [0.2, 0.25) is 0 Å². The SMILES string of the molecule is CCN(CC)C(=O)Oc1cc(OC(=O)N(CC)CC)c2c(=O)cc(-c3ccc(OC)c(OC(=O)N(CC)CC)c3)oc2c1. The normalized spacial score (nSPS) is 10.7. The van der Waals surface area contributed by atoms with E-state index in [2.05, 4.69) is 0 Å². The molecule has 2 aromatic carbocycles. The van der Waals surface area contributed by atoms with Crippen molar-refractivity contribution >= 4 is 29.2 Å². The van der Waals surface area contributed by atoms with Gasteiger partial charge in [-0.25, -0.2) is 14.4 Å². The summed E-state index contributed by atoms with van der Waals surface area (Å²) in [5.41, 5.74) is -0.0701. The molecular weight excluding hydrogens is 558 g/mol. The molecule has 12 nitrogen and oxygen atoms in total. The molecule has 0 bridgehead atoms. The molecule has 0 fully saturated rings. The second-order valence-corrected chi connectivity index (χ2v) is 9.26. The van der Waals surface area contributed by atoms with Crippen LogP contribution in [-0.2, 0) is 0 Å². The molecular formula is C31H39N3O9. The molecule has 43 heavy (non-hydrogen) atoms. The van der Waals surface area contributed by atoms with Gasteiger partial charge in [0.15, 0.2) is 22.7 Å². The first-order valence-corrected chi connectivity index (χ1v) is 14.3. The second kappa shape index (κ2) is 14.9. The molecule has 0 spiro atoms. The molecule has 0 saturated carbocycles. The van der Waals surface area contributed by atoms with Crippen molar-refractivity contribution in [3.63, 3.8) is 0 Å². The van der Waals surface area contributed by atoms with E-state index in [0.717, 1.165) is 0 Å². The van der Waals surface area contributed by atoms with Gasteiger partial charge in [0.1, 0.15) is 22.5 Å². The number of benzene rings is 2. The van der Waals surface area contributed by atoms with Gasteiger partial charge in [-0.3, -0.25) is 4.79 Å². The number of hydrogen-bond acceptors (Lipinski definition) is 9. The molecule has 0 N–H and O–H groups in total. The highest BCUT2D eigenvalue weighted by Crippen LogP contribution is 2.36. The van der Waals surface area contributed by atoms with Crippen molar-refractivity contribution in [2.75, 3.05) is 46.4 Å². The van der Waals surface area contributed by atoms with Crippen LogP contribution in [-0.4, -0.2) is 79.4 Å². The van der Waals surface area contributed by atoms with E-state index in [9.17, 15) is 19.2 Å². The predicted molar refractivity (Wildman–Crippen MR) is 161 cm³/mol. The van der Waals surface area contributed by atoms with Crippen LogP contribution in [0.5, 0.6) is 23.0 Å². The number of rotatable bonds is 11. The van der Waals surface area contributed by atoms with Crippen molar-refractivity contribution in [3.05, 3.63) is 46.6 Å². The first-order chi connectivity index (χ1) is 20.6. The molecule has 1 heterocycles. The number of carbonyl (C=O) groups excluding carboxylic acids is 3. The van der Waals surface area contributed by atoms with E-state index in [0.29, 0.717) is 50.6 Å². The summed E-state index contributed by atoms with van der Waals surface area (Å²) >= 11 is 0. The van der Waals surface area contributed by atoms with Crippen molar-refractivity contribution in [2.24, 2.45) is 0 Å². The van der Waals surface area contributed by atoms with E-state index in [1.54, 1.807) is 26.0 Å². The summed E-state index contributed by atoms with van der Waals surface area (Å²) in [6, 6.07) is 8.71. The number of fused-ring (bicyclic) bond motifs is 1. The van der Waals surface area contributed by atoms with Gasteiger partial charge in [0.25, 0.3) is 0 Å². The highest BCUT2D eigenvalue weighted by molar-refractivity contribution is 5.89. The van der Waals surface area contributed by atoms with E-state index in [1.165, 1.54) is 46.1 Å².